The van der Waals surface area contributed by atoms with Crippen LogP contribution in [0.25, 0.3) is 21.6 Å². The van der Waals surface area contributed by atoms with Crippen molar-refractivity contribution in [2.45, 2.75) is 26.9 Å². The molecule has 0 aliphatic heterocycles. The van der Waals surface area contributed by atoms with Crippen LogP contribution in [0.1, 0.15) is 27.4 Å². The predicted octanol–water partition coefficient (Wildman–Crippen LogP) is 4.30. The molecule has 3 aromatic heterocycles. The molecule has 1 N–H and O–H groups in total. The van der Waals surface area contributed by atoms with E-state index in [1.54, 1.807) is 7.11 Å². The molecular formula is C23H26N4O2S. The largest absolute Gasteiger partial charge is 0.383 e. The van der Waals surface area contributed by atoms with Crippen LogP contribution < -0.4 is 5.32 Å². The molecule has 156 valence electrons. The number of rotatable bonds is 7. The Morgan fingerprint density at radius 1 is 1.23 bits per heavy atom. The quantitative estimate of drug-likeness (QED) is 0.483. The van der Waals surface area contributed by atoms with Gasteiger partial charge in [-0.15, -0.1) is 11.3 Å². The summed E-state index contributed by atoms with van der Waals surface area (Å²) in [5, 5.41) is 6.81. The van der Waals surface area contributed by atoms with E-state index in [4.69, 9.17) is 4.74 Å². The number of nitrogens with one attached hydrogen (secondary N) is 1. The number of benzene rings is 1. The van der Waals surface area contributed by atoms with Gasteiger partial charge in [0, 0.05) is 54.9 Å². The number of methoxy groups -OCH3 is 1. The first-order valence-corrected chi connectivity index (χ1v) is 10.8. The highest BCUT2D eigenvalue weighted by molar-refractivity contribution is 7.13. The fourth-order valence-electron chi connectivity index (χ4n) is 3.69. The van der Waals surface area contributed by atoms with Crippen molar-refractivity contribution >= 4 is 28.1 Å². The highest BCUT2D eigenvalue weighted by Gasteiger charge is 2.17. The number of amides is 1. The summed E-state index contributed by atoms with van der Waals surface area (Å²) in [5.74, 6) is -0.155. The fraction of sp³-hybridized carbons (Fsp3) is 0.304. The van der Waals surface area contributed by atoms with Crippen LogP contribution in [0.4, 0.5) is 0 Å². The number of hydrogen-bond acceptors (Lipinski definition) is 4. The van der Waals surface area contributed by atoms with E-state index in [9.17, 15) is 4.79 Å². The van der Waals surface area contributed by atoms with Crippen LogP contribution in [0.2, 0.25) is 0 Å². The molecule has 0 aliphatic carbocycles. The van der Waals surface area contributed by atoms with Gasteiger partial charge < -0.3 is 19.2 Å². The maximum absolute atomic E-state index is 12.7. The molecule has 0 saturated carbocycles. The van der Waals surface area contributed by atoms with Crippen molar-refractivity contribution in [1.82, 2.24) is 19.4 Å². The van der Waals surface area contributed by atoms with Gasteiger partial charge in [-0.3, -0.25) is 4.79 Å². The monoisotopic (exact) mass is 422 g/mol. The second-order valence-electron chi connectivity index (χ2n) is 7.41. The summed E-state index contributed by atoms with van der Waals surface area (Å²) in [5.41, 5.74) is 6.06. The molecular weight excluding hydrogens is 396 g/mol. The molecule has 0 fully saturated rings. The second kappa shape index (κ2) is 8.45. The van der Waals surface area contributed by atoms with Gasteiger partial charge in [-0.1, -0.05) is 18.2 Å². The number of carbonyl (C=O) groups excluding carboxylic acids is 1. The third-order valence-corrected chi connectivity index (χ3v) is 6.47. The van der Waals surface area contributed by atoms with Crippen molar-refractivity contribution < 1.29 is 9.53 Å². The summed E-state index contributed by atoms with van der Waals surface area (Å²) >= 11 is 1.49. The highest BCUT2D eigenvalue weighted by atomic mass is 32.1. The van der Waals surface area contributed by atoms with Crippen molar-refractivity contribution in [3.05, 3.63) is 64.4 Å². The Labute approximate surface area is 180 Å². The van der Waals surface area contributed by atoms with E-state index in [0.717, 1.165) is 39.4 Å². The lowest BCUT2D eigenvalue weighted by molar-refractivity contribution is 0.0946. The zero-order chi connectivity index (χ0) is 21.3. The van der Waals surface area contributed by atoms with Gasteiger partial charge in [-0.2, -0.15) is 0 Å². The molecule has 7 heteroatoms. The van der Waals surface area contributed by atoms with Crippen LogP contribution in [-0.2, 0) is 24.9 Å². The number of aromatic nitrogens is 3. The Morgan fingerprint density at radius 2 is 2.03 bits per heavy atom. The van der Waals surface area contributed by atoms with Crippen LogP contribution in [0.15, 0.2) is 41.8 Å². The minimum Gasteiger partial charge on any atom is -0.383 e. The number of aryl methyl sites for hydroxylation is 1. The molecule has 4 rings (SSSR count). The number of thiazole rings is 1. The zero-order valence-electron chi connectivity index (χ0n) is 17.7. The summed E-state index contributed by atoms with van der Waals surface area (Å²) in [4.78, 5) is 17.3. The number of para-hydroxylation sites is 1. The summed E-state index contributed by atoms with van der Waals surface area (Å²) in [7, 11) is 3.73. The molecule has 6 nitrogen and oxygen atoms in total. The topological polar surface area (TPSA) is 61.1 Å². The van der Waals surface area contributed by atoms with Gasteiger partial charge in [-0.05, 0) is 37.6 Å². The van der Waals surface area contributed by atoms with E-state index in [1.165, 1.54) is 17.0 Å². The molecule has 0 radical (unpaired) electrons. The van der Waals surface area contributed by atoms with E-state index in [1.807, 2.05) is 24.6 Å². The third-order valence-electron chi connectivity index (χ3n) is 5.60. The smallest absolute Gasteiger partial charge is 0.271 e. The molecule has 4 aromatic rings. The molecule has 30 heavy (non-hydrogen) atoms. The van der Waals surface area contributed by atoms with E-state index in [2.05, 4.69) is 57.5 Å². The maximum atomic E-state index is 12.7. The summed E-state index contributed by atoms with van der Waals surface area (Å²) in [6.45, 7) is 5.96. The number of ether oxygens (including phenoxy) is 1. The molecule has 3 heterocycles. The predicted molar refractivity (Wildman–Crippen MR) is 121 cm³/mol. The molecule has 1 aromatic carbocycles. The minimum absolute atomic E-state index is 0.155. The van der Waals surface area contributed by atoms with Gasteiger partial charge in [0.2, 0.25) is 0 Å². The maximum Gasteiger partial charge on any atom is 0.271 e. The van der Waals surface area contributed by atoms with E-state index in [0.29, 0.717) is 18.8 Å². The van der Waals surface area contributed by atoms with E-state index in [-0.39, 0.29) is 5.91 Å². The van der Waals surface area contributed by atoms with Crippen molar-refractivity contribution in [1.29, 1.82) is 0 Å². The zero-order valence-corrected chi connectivity index (χ0v) is 18.5. The lowest BCUT2D eigenvalue weighted by Crippen LogP contribution is -2.23. The van der Waals surface area contributed by atoms with Crippen molar-refractivity contribution in [2.75, 3.05) is 13.7 Å². The van der Waals surface area contributed by atoms with Crippen LogP contribution >= 0.6 is 11.3 Å². The Morgan fingerprint density at radius 3 is 2.77 bits per heavy atom. The molecule has 0 spiro atoms. The number of carbonyl (C=O) groups is 1. The summed E-state index contributed by atoms with van der Waals surface area (Å²) in [6.07, 6.45) is 0. The molecule has 0 saturated heterocycles. The van der Waals surface area contributed by atoms with Gasteiger partial charge >= 0.3 is 0 Å². The van der Waals surface area contributed by atoms with Gasteiger partial charge in [0.1, 0.15) is 10.7 Å². The van der Waals surface area contributed by atoms with Gasteiger partial charge in [0.15, 0.2) is 0 Å². The average Bonchev–Trinajstić information content (AvgIpc) is 3.43. The summed E-state index contributed by atoms with van der Waals surface area (Å²) in [6, 6.07) is 12.5. The molecule has 0 bridgehead atoms. The Bertz CT molecular complexity index is 1200. The SMILES string of the molecule is COCCn1c(-c2nc(C(=O)NCc3cc(C)n(C)c3C)cs2)cc2ccccc21. The van der Waals surface area contributed by atoms with Gasteiger partial charge in [0.05, 0.1) is 12.3 Å². The van der Waals surface area contributed by atoms with Gasteiger partial charge in [-0.25, -0.2) is 4.98 Å². The van der Waals surface area contributed by atoms with E-state index < -0.39 is 0 Å². The number of fused-ring (bicyclic) bond motifs is 1. The van der Waals surface area contributed by atoms with Crippen molar-refractivity contribution in [2.24, 2.45) is 7.05 Å². The first-order valence-electron chi connectivity index (χ1n) is 9.92. The number of hydrogen-bond donors (Lipinski definition) is 1. The lowest BCUT2D eigenvalue weighted by atomic mass is 10.2. The lowest BCUT2D eigenvalue weighted by Gasteiger charge is -2.08. The Hall–Kier alpha value is -2.90. The van der Waals surface area contributed by atoms with Crippen LogP contribution in [0.3, 0.4) is 0 Å². The fourth-order valence-corrected chi connectivity index (χ4v) is 4.51. The molecule has 0 aliphatic rings. The second-order valence-corrected chi connectivity index (χ2v) is 8.27. The standard InChI is InChI=1S/C23H26N4O2S/c1-15-11-18(16(2)26(15)3)13-24-22(28)19-14-30-23(25-19)21-12-17-7-5-6-8-20(17)27(21)9-10-29-4/h5-8,11-12,14H,9-10,13H2,1-4H3,(H,24,28). The first kappa shape index (κ1) is 20.4. The normalized spacial score (nSPS) is 11.3. The van der Waals surface area contributed by atoms with Crippen LogP contribution in [0, 0.1) is 13.8 Å². The van der Waals surface area contributed by atoms with E-state index >= 15 is 0 Å². The van der Waals surface area contributed by atoms with Crippen molar-refractivity contribution in [3.8, 4) is 10.7 Å². The van der Waals surface area contributed by atoms with Crippen molar-refractivity contribution in [3.63, 3.8) is 0 Å². The highest BCUT2D eigenvalue weighted by Crippen LogP contribution is 2.30. The summed E-state index contributed by atoms with van der Waals surface area (Å²) < 4.78 is 9.62. The molecule has 0 unspecified atom stereocenters. The third kappa shape index (κ3) is 3.78. The Balaban J connectivity index is 1.56. The van der Waals surface area contributed by atoms with Crippen LogP contribution in [0.5, 0.6) is 0 Å². The average molecular weight is 423 g/mol. The van der Waals surface area contributed by atoms with Crippen LogP contribution in [-0.4, -0.2) is 33.7 Å². The molecule has 1 amide bonds. The van der Waals surface area contributed by atoms with Gasteiger partial charge in [0.25, 0.3) is 5.91 Å². The first-order chi connectivity index (χ1) is 14.5. The minimum atomic E-state index is -0.155. The Kier molecular flexibility index (Phi) is 5.74. The molecule has 0 atom stereocenters. The number of nitrogens with zero attached hydrogens (tertiary/aromatic N) is 3.